The molecule has 0 saturated carbocycles. The maximum absolute atomic E-state index is 14.3. The molecule has 450 valence electrons. The van der Waals surface area contributed by atoms with E-state index in [0.717, 1.165) is 0 Å². The summed E-state index contributed by atoms with van der Waals surface area (Å²) in [6.07, 6.45) is 1.03. The second kappa shape index (κ2) is 35.8. The fraction of sp³-hybridized carbons (Fsp3) is 0.686. The summed E-state index contributed by atoms with van der Waals surface area (Å²) < 4.78 is 0. The van der Waals surface area contributed by atoms with Crippen molar-refractivity contribution in [1.82, 2.24) is 57.8 Å². The van der Waals surface area contributed by atoms with Gasteiger partial charge in [0.05, 0.1) is 19.0 Å². The summed E-state index contributed by atoms with van der Waals surface area (Å²) >= 11 is 0. The number of nitrogens with two attached hydrogens (primary N) is 2. The molecule has 1 aromatic heterocycles. The number of hydrogen-bond acceptors (Lipinski definition) is 16. The van der Waals surface area contributed by atoms with Crippen molar-refractivity contribution in [2.24, 2.45) is 35.1 Å². The number of carboxylic acids is 2. The minimum atomic E-state index is -1.64. The number of aliphatic hydroxyl groups is 1. The number of aromatic nitrogens is 2. The Morgan fingerprint density at radius 3 is 1.40 bits per heavy atom. The lowest BCUT2D eigenvalue weighted by Crippen LogP contribution is -2.62. The van der Waals surface area contributed by atoms with Gasteiger partial charge in [-0.1, -0.05) is 74.7 Å². The van der Waals surface area contributed by atoms with Gasteiger partial charge in [0.25, 0.3) is 0 Å². The Hall–Kier alpha value is -7.56. The van der Waals surface area contributed by atoms with Crippen molar-refractivity contribution in [1.29, 1.82) is 0 Å². The molecule has 1 heterocycles. The first-order valence-electron chi connectivity index (χ1n) is 26.8. The molecule has 29 heteroatoms. The fourth-order valence-electron chi connectivity index (χ4n) is 7.73. The summed E-state index contributed by atoms with van der Waals surface area (Å²) in [4.78, 5) is 177. The molecule has 0 saturated heterocycles. The van der Waals surface area contributed by atoms with E-state index in [9.17, 15) is 77.6 Å². The summed E-state index contributed by atoms with van der Waals surface area (Å²) in [6.45, 7) is 14.2. The van der Waals surface area contributed by atoms with Gasteiger partial charge in [-0.2, -0.15) is 0 Å². The number of primary amides is 1. The van der Waals surface area contributed by atoms with Crippen LogP contribution in [0.3, 0.4) is 0 Å². The molecule has 17 N–H and O–H groups in total. The van der Waals surface area contributed by atoms with Gasteiger partial charge in [-0.3, -0.25) is 57.5 Å². The number of carboxylic acid groups (broad SMARTS) is 2. The number of aliphatic hydroxyl groups excluding tert-OH is 1. The second-order valence-electron chi connectivity index (χ2n) is 20.4. The first-order valence-corrected chi connectivity index (χ1v) is 26.8. The number of rotatable bonds is 39. The number of aliphatic carboxylic acids is 2. The van der Waals surface area contributed by atoms with Crippen LogP contribution < -0.4 is 59.3 Å². The van der Waals surface area contributed by atoms with Crippen molar-refractivity contribution in [3.63, 3.8) is 0 Å². The highest BCUT2D eigenvalue weighted by atomic mass is 16.4. The molecule has 0 radical (unpaired) electrons. The van der Waals surface area contributed by atoms with Crippen molar-refractivity contribution < 1.29 is 77.6 Å². The van der Waals surface area contributed by atoms with Gasteiger partial charge in [0, 0.05) is 37.6 Å². The van der Waals surface area contributed by atoms with Crippen LogP contribution in [-0.2, 0) is 68.7 Å². The molecule has 0 spiro atoms. The molecule has 13 atom stereocenters. The molecule has 1 rings (SSSR count). The summed E-state index contributed by atoms with van der Waals surface area (Å²) in [6, 6.07) is -14.0. The van der Waals surface area contributed by atoms with Gasteiger partial charge in [0.15, 0.2) is 0 Å². The third-order valence-corrected chi connectivity index (χ3v) is 13.4. The molecule has 0 aliphatic heterocycles. The number of H-pyrrole nitrogens is 1. The van der Waals surface area contributed by atoms with Crippen molar-refractivity contribution in [2.75, 3.05) is 6.61 Å². The maximum atomic E-state index is 14.3. The number of aldehydes is 1. The topological polar surface area (TPSA) is 472 Å². The van der Waals surface area contributed by atoms with Crippen LogP contribution in [0.5, 0.6) is 0 Å². The molecule has 80 heavy (non-hydrogen) atoms. The van der Waals surface area contributed by atoms with Crippen LogP contribution in [0, 0.1) is 23.7 Å². The second-order valence-corrected chi connectivity index (χ2v) is 20.4. The highest BCUT2D eigenvalue weighted by Gasteiger charge is 2.37. The normalized spacial score (nSPS) is 16.1. The lowest BCUT2D eigenvalue weighted by molar-refractivity contribution is -0.140. The van der Waals surface area contributed by atoms with E-state index < -0.39 is 182 Å². The first-order chi connectivity index (χ1) is 37.5. The number of aromatic amines is 1. The molecule has 10 amide bonds. The van der Waals surface area contributed by atoms with Crippen LogP contribution >= 0.6 is 0 Å². The third kappa shape index (κ3) is 25.1. The standard InChI is InChI=1S/C51H85N13O16/c1-10-26(6)40(53)49(78)60-34(15-18-39(70)71)45(74)58-33(14-17-38(68)69)44(73)56-29(9)43(72)61-35(19-25(4)5)48(77)59-32(13-16-37(52)67)46(75)63-42(28(8)12-3)51(80)64-41(27(7)11-2)50(79)62-36(20-30-21-54-24-55-30)47(76)57-31(22-65)23-66/h21-22,24-29,31-36,40-42,66H,10-20,23,53H2,1-9H3,(H2,52,67)(H,54,55)(H,56,73)(H,57,76)(H,58,74)(H,59,77)(H,60,78)(H,61,72)(H,62,79)(H,63,75)(H,64,80)(H,68,69)(H,70,71)/t26-,27-,28-,29-,31+,32-,33-,34-,35-,36-,40-,41-,42-/m0/s1. The number of nitrogens with zero attached hydrogens (tertiary/aromatic N) is 1. The molecule has 0 unspecified atom stereocenters. The number of hydrogen-bond donors (Lipinski definition) is 15. The lowest BCUT2D eigenvalue weighted by Gasteiger charge is -2.31. The van der Waals surface area contributed by atoms with E-state index in [1.54, 1.807) is 55.4 Å². The van der Waals surface area contributed by atoms with E-state index >= 15 is 0 Å². The van der Waals surface area contributed by atoms with Crippen molar-refractivity contribution in [3.8, 4) is 0 Å². The van der Waals surface area contributed by atoms with Gasteiger partial charge in [-0.15, -0.1) is 0 Å². The van der Waals surface area contributed by atoms with Crippen LogP contribution in [-0.4, -0.2) is 170 Å². The number of imidazole rings is 1. The Morgan fingerprint density at radius 2 is 0.963 bits per heavy atom. The van der Waals surface area contributed by atoms with Crippen LogP contribution in [0.4, 0.5) is 0 Å². The zero-order chi connectivity index (χ0) is 61.0. The molecular formula is C51H85N13O16. The molecular weight excluding hydrogens is 1050 g/mol. The highest BCUT2D eigenvalue weighted by Crippen LogP contribution is 2.15. The van der Waals surface area contributed by atoms with Crippen molar-refractivity contribution in [3.05, 3.63) is 18.2 Å². The average molecular weight is 1140 g/mol. The lowest BCUT2D eigenvalue weighted by atomic mass is 9.94. The van der Waals surface area contributed by atoms with Gasteiger partial charge in [-0.05, 0) is 56.3 Å². The average Bonchev–Trinajstić information content (AvgIpc) is 3.93. The predicted octanol–water partition coefficient (Wildman–Crippen LogP) is -2.97. The van der Waals surface area contributed by atoms with Gasteiger partial charge < -0.3 is 84.4 Å². The molecule has 0 aromatic carbocycles. The van der Waals surface area contributed by atoms with Gasteiger partial charge in [0.1, 0.15) is 60.7 Å². The molecule has 0 bridgehead atoms. The predicted molar refractivity (Wildman–Crippen MR) is 286 cm³/mol. The Morgan fingerprint density at radius 1 is 0.550 bits per heavy atom. The quantitative estimate of drug-likeness (QED) is 0.0293. The number of nitrogens with one attached hydrogen (secondary N) is 10. The van der Waals surface area contributed by atoms with Gasteiger partial charge in [-0.25, -0.2) is 4.98 Å². The number of carbonyl (C=O) groups excluding carboxylic acids is 11. The Balaban J connectivity index is 3.46. The molecule has 29 nitrogen and oxygen atoms in total. The van der Waals surface area contributed by atoms with E-state index in [0.29, 0.717) is 31.2 Å². The van der Waals surface area contributed by atoms with E-state index in [2.05, 4.69) is 57.8 Å². The Labute approximate surface area is 464 Å². The number of carbonyl (C=O) groups is 13. The summed E-state index contributed by atoms with van der Waals surface area (Å²) in [5.41, 5.74) is 11.9. The van der Waals surface area contributed by atoms with E-state index in [1.807, 2.05) is 0 Å². The third-order valence-electron chi connectivity index (χ3n) is 13.4. The highest BCUT2D eigenvalue weighted by molar-refractivity contribution is 5.99. The SMILES string of the molecule is CC[C@H](C)[C@H](N)C(=O)N[C@@H](CCC(=O)O)C(=O)N[C@@H](CCC(=O)O)C(=O)N[C@@H](C)C(=O)N[C@@H](CC(C)C)C(=O)N[C@@H](CCC(N)=O)C(=O)N[C@H](C(=O)N[C@H](C(=O)N[C@@H](Cc1cnc[nH]1)C(=O)N[C@H](C=O)CO)[C@@H](C)CC)[C@@H](C)CC. The monoisotopic (exact) mass is 1140 g/mol. The van der Waals surface area contributed by atoms with Gasteiger partial charge >= 0.3 is 11.9 Å². The van der Waals surface area contributed by atoms with Crippen molar-refractivity contribution in [2.45, 2.75) is 193 Å². The largest absolute Gasteiger partial charge is 0.481 e. The first kappa shape index (κ1) is 70.5. The van der Waals surface area contributed by atoms with E-state index in [4.69, 9.17) is 11.5 Å². The van der Waals surface area contributed by atoms with Crippen molar-refractivity contribution >= 4 is 77.3 Å². The van der Waals surface area contributed by atoms with Crippen LogP contribution in [0.2, 0.25) is 0 Å². The minimum Gasteiger partial charge on any atom is -0.481 e. The smallest absolute Gasteiger partial charge is 0.303 e. The molecule has 0 fully saturated rings. The zero-order valence-electron chi connectivity index (χ0n) is 47.1. The van der Waals surface area contributed by atoms with Crippen LogP contribution in [0.25, 0.3) is 0 Å². The fourth-order valence-corrected chi connectivity index (χ4v) is 7.73. The summed E-state index contributed by atoms with van der Waals surface area (Å²) in [7, 11) is 0. The van der Waals surface area contributed by atoms with Crippen LogP contribution in [0.15, 0.2) is 12.5 Å². The van der Waals surface area contributed by atoms with Crippen LogP contribution in [0.1, 0.15) is 132 Å². The number of amides is 10. The van der Waals surface area contributed by atoms with E-state index in [-0.39, 0.29) is 31.1 Å². The molecule has 0 aliphatic rings. The Bertz CT molecular complexity index is 2270. The maximum Gasteiger partial charge on any atom is 0.303 e. The summed E-state index contributed by atoms with van der Waals surface area (Å²) in [5, 5.41) is 50.7. The van der Waals surface area contributed by atoms with Gasteiger partial charge in [0.2, 0.25) is 59.1 Å². The summed E-state index contributed by atoms with van der Waals surface area (Å²) in [5.74, 6) is -13.5. The molecule has 1 aromatic rings. The minimum absolute atomic E-state index is 0.0513. The Kier molecular flexibility index (Phi) is 31.6. The zero-order valence-corrected chi connectivity index (χ0v) is 47.1. The van der Waals surface area contributed by atoms with E-state index in [1.165, 1.54) is 19.4 Å². The molecule has 0 aliphatic carbocycles.